The lowest BCUT2D eigenvalue weighted by Crippen LogP contribution is -2.43. The van der Waals surface area contributed by atoms with E-state index in [2.05, 4.69) is 10.0 Å². The lowest BCUT2D eigenvalue weighted by Gasteiger charge is -2.26. The first-order valence-corrected chi connectivity index (χ1v) is 10.3. The van der Waals surface area contributed by atoms with E-state index in [0.717, 1.165) is 19.3 Å². The first-order chi connectivity index (χ1) is 11.9. The number of benzene rings is 1. The Bertz CT molecular complexity index is 661. The Morgan fingerprint density at radius 1 is 1.23 bits per heavy atom. The van der Waals surface area contributed by atoms with Crippen LogP contribution in [0.25, 0.3) is 0 Å². The van der Waals surface area contributed by atoms with Crippen LogP contribution >= 0.6 is 12.4 Å². The van der Waals surface area contributed by atoms with Crippen molar-refractivity contribution in [2.24, 2.45) is 11.7 Å². The molecular formula is C17H28ClN3O4S. The number of amides is 1. The summed E-state index contributed by atoms with van der Waals surface area (Å²) in [5.74, 6) is -0.0105. The lowest BCUT2D eigenvalue weighted by atomic mass is 9.92. The third-order valence-corrected chi connectivity index (χ3v) is 5.64. The van der Waals surface area contributed by atoms with Gasteiger partial charge in [0.1, 0.15) is 0 Å². The van der Waals surface area contributed by atoms with Crippen LogP contribution in [0.15, 0.2) is 24.3 Å². The Labute approximate surface area is 161 Å². The van der Waals surface area contributed by atoms with Crippen LogP contribution in [0.4, 0.5) is 11.4 Å². The molecule has 1 amide bonds. The van der Waals surface area contributed by atoms with Crippen molar-refractivity contribution >= 4 is 39.7 Å². The van der Waals surface area contributed by atoms with Crippen molar-refractivity contribution in [3.05, 3.63) is 24.3 Å². The van der Waals surface area contributed by atoms with Gasteiger partial charge in [0, 0.05) is 24.6 Å². The van der Waals surface area contributed by atoms with Crippen molar-refractivity contribution in [2.75, 3.05) is 29.0 Å². The monoisotopic (exact) mass is 405 g/mol. The summed E-state index contributed by atoms with van der Waals surface area (Å²) < 4.78 is 31.6. The van der Waals surface area contributed by atoms with Crippen LogP contribution in [0.2, 0.25) is 0 Å². The molecule has 7 nitrogen and oxygen atoms in total. The fraction of sp³-hybridized carbons (Fsp3) is 0.588. The van der Waals surface area contributed by atoms with Gasteiger partial charge in [0.05, 0.1) is 11.8 Å². The number of hydrogen-bond donors (Lipinski definition) is 3. The minimum atomic E-state index is -3.33. The second-order valence-electron chi connectivity index (χ2n) is 6.32. The summed E-state index contributed by atoms with van der Waals surface area (Å²) in [6.07, 6.45) is 3.01. The van der Waals surface area contributed by atoms with Crippen molar-refractivity contribution in [1.82, 2.24) is 0 Å². The highest BCUT2D eigenvalue weighted by atomic mass is 35.5. The first kappa shape index (κ1) is 22.7. The van der Waals surface area contributed by atoms with Crippen molar-refractivity contribution in [3.63, 3.8) is 0 Å². The maximum Gasteiger partial charge on any atom is 0.241 e. The average Bonchev–Trinajstić information content (AvgIpc) is 2.61. The fourth-order valence-electron chi connectivity index (χ4n) is 2.70. The molecule has 0 bridgehead atoms. The molecule has 1 atom stereocenters. The second kappa shape index (κ2) is 10.7. The topological polar surface area (TPSA) is 111 Å². The van der Waals surface area contributed by atoms with E-state index in [0.29, 0.717) is 31.0 Å². The number of carbonyl (C=O) groups is 1. The predicted molar refractivity (Wildman–Crippen MR) is 106 cm³/mol. The van der Waals surface area contributed by atoms with Crippen LogP contribution in [0.3, 0.4) is 0 Å². The molecule has 0 aromatic heterocycles. The maximum absolute atomic E-state index is 12.3. The van der Waals surface area contributed by atoms with E-state index in [9.17, 15) is 13.2 Å². The number of halogens is 1. The molecule has 1 unspecified atom stereocenters. The summed E-state index contributed by atoms with van der Waals surface area (Å²) in [6, 6.07) is 5.99. The average molecular weight is 406 g/mol. The van der Waals surface area contributed by atoms with E-state index in [1.165, 1.54) is 0 Å². The highest BCUT2D eigenvalue weighted by molar-refractivity contribution is 7.92. The molecule has 1 aromatic carbocycles. The zero-order chi connectivity index (χ0) is 18.3. The first-order valence-electron chi connectivity index (χ1n) is 8.66. The fourth-order valence-corrected chi connectivity index (χ4v) is 3.97. The highest BCUT2D eigenvalue weighted by Crippen LogP contribution is 2.20. The van der Waals surface area contributed by atoms with Crippen molar-refractivity contribution in [3.8, 4) is 0 Å². The number of nitrogens with two attached hydrogens (primary N) is 1. The van der Waals surface area contributed by atoms with Crippen LogP contribution < -0.4 is 15.8 Å². The standard InChI is InChI=1S/C17H27N3O4S.ClH/c1-2-3-12-25(22,23)20-15-6-4-14(5-7-15)19-17(21)16(18)13-8-10-24-11-9-13;/h4-7,13,16,20H,2-3,8-12,18H2,1H3,(H,19,21);1H. The summed E-state index contributed by atoms with van der Waals surface area (Å²) in [5.41, 5.74) is 7.10. The molecule has 2 rings (SSSR count). The lowest BCUT2D eigenvalue weighted by molar-refractivity contribution is -0.119. The third kappa shape index (κ3) is 7.11. The predicted octanol–water partition coefficient (Wildman–Crippen LogP) is 2.34. The Balaban J connectivity index is 0.00000338. The van der Waals surface area contributed by atoms with E-state index < -0.39 is 16.1 Å². The van der Waals surface area contributed by atoms with Crippen LogP contribution in [0.1, 0.15) is 32.6 Å². The number of nitrogens with one attached hydrogen (secondary N) is 2. The minimum absolute atomic E-state index is 0. The van der Waals surface area contributed by atoms with Crippen molar-refractivity contribution in [2.45, 2.75) is 38.6 Å². The third-order valence-electron chi connectivity index (χ3n) is 4.27. The Kier molecular flexibility index (Phi) is 9.35. The van der Waals surface area contributed by atoms with Gasteiger partial charge in [-0.05, 0) is 49.4 Å². The number of anilines is 2. The van der Waals surface area contributed by atoms with Gasteiger partial charge in [-0.15, -0.1) is 12.4 Å². The number of sulfonamides is 1. The summed E-state index contributed by atoms with van der Waals surface area (Å²) in [6.45, 7) is 3.22. The van der Waals surface area contributed by atoms with Gasteiger partial charge in [0.2, 0.25) is 15.9 Å². The van der Waals surface area contributed by atoms with Gasteiger partial charge in [0.15, 0.2) is 0 Å². The largest absolute Gasteiger partial charge is 0.381 e. The highest BCUT2D eigenvalue weighted by Gasteiger charge is 2.26. The molecule has 1 heterocycles. The molecule has 9 heteroatoms. The molecule has 1 saturated heterocycles. The molecule has 148 valence electrons. The smallest absolute Gasteiger partial charge is 0.241 e. The van der Waals surface area contributed by atoms with Crippen LogP contribution in [0, 0.1) is 5.92 Å². The summed E-state index contributed by atoms with van der Waals surface area (Å²) >= 11 is 0. The number of rotatable bonds is 8. The Hall–Kier alpha value is -1.35. The van der Waals surface area contributed by atoms with Gasteiger partial charge in [0.25, 0.3) is 0 Å². The minimum Gasteiger partial charge on any atom is -0.381 e. The number of hydrogen-bond acceptors (Lipinski definition) is 5. The SMILES string of the molecule is CCCCS(=O)(=O)Nc1ccc(NC(=O)C(N)C2CCOCC2)cc1.Cl. The van der Waals surface area contributed by atoms with Gasteiger partial charge >= 0.3 is 0 Å². The van der Waals surface area contributed by atoms with Gasteiger partial charge in [-0.3, -0.25) is 9.52 Å². The van der Waals surface area contributed by atoms with E-state index in [1.54, 1.807) is 24.3 Å². The normalized spacial score (nSPS) is 16.4. The van der Waals surface area contributed by atoms with Crippen LogP contribution in [-0.4, -0.2) is 39.3 Å². The summed E-state index contributed by atoms with van der Waals surface area (Å²) in [5, 5.41) is 2.78. The summed E-state index contributed by atoms with van der Waals surface area (Å²) in [7, 11) is -3.33. The van der Waals surface area contributed by atoms with Gasteiger partial charge in [-0.2, -0.15) is 0 Å². The Morgan fingerprint density at radius 3 is 2.38 bits per heavy atom. The second-order valence-corrected chi connectivity index (χ2v) is 8.16. The van der Waals surface area contributed by atoms with Gasteiger partial charge < -0.3 is 15.8 Å². The molecule has 1 aliphatic rings. The van der Waals surface area contributed by atoms with Gasteiger partial charge in [-0.1, -0.05) is 13.3 Å². The molecule has 26 heavy (non-hydrogen) atoms. The van der Waals surface area contributed by atoms with E-state index in [1.807, 2.05) is 6.92 Å². The molecule has 0 radical (unpaired) electrons. The summed E-state index contributed by atoms with van der Waals surface area (Å²) in [4.78, 5) is 12.3. The molecule has 0 aliphatic carbocycles. The molecular weight excluding hydrogens is 378 g/mol. The molecule has 1 aromatic rings. The molecule has 4 N–H and O–H groups in total. The molecule has 0 spiro atoms. The zero-order valence-electron chi connectivity index (χ0n) is 14.9. The van der Waals surface area contributed by atoms with Crippen LogP contribution in [-0.2, 0) is 19.6 Å². The molecule has 1 fully saturated rings. The van der Waals surface area contributed by atoms with Crippen molar-refractivity contribution in [1.29, 1.82) is 0 Å². The molecule has 0 saturated carbocycles. The maximum atomic E-state index is 12.3. The van der Waals surface area contributed by atoms with Crippen LogP contribution in [0.5, 0.6) is 0 Å². The number of ether oxygens (including phenoxy) is 1. The van der Waals surface area contributed by atoms with E-state index in [-0.39, 0.29) is 30.0 Å². The van der Waals surface area contributed by atoms with E-state index >= 15 is 0 Å². The number of carbonyl (C=O) groups excluding carboxylic acids is 1. The number of unbranched alkanes of at least 4 members (excludes halogenated alkanes) is 1. The van der Waals surface area contributed by atoms with E-state index in [4.69, 9.17) is 10.5 Å². The zero-order valence-corrected chi connectivity index (χ0v) is 16.6. The quantitative estimate of drug-likeness (QED) is 0.614. The Morgan fingerprint density at radius 2 is 1.81 bits per heavy atom. The van der Waals surface area contributed by atoms with Crippen molar-refractivity contribution < 1.29 is 17.9 Å². The van der Waals surface area contributed by atoms with Gasteiger partial charge in [-0.25, -0.2) is 8.42 Å². The molecule has 1 aliphatic heterocycles.